The predicted molar refractivity (Wildman–Crippen MR) is 71.0 cm³/mol. The molecule has 98 valence electrons. The molecule has 1 unspecified atom stereocenters. The molecule has 0 saturated carbocycles. The van der Waals surface area contributed by atoms with E-state index in [0.29, 0.717) is 6.04 Å². The number of hydrogen-bond acceptors (Lipinski definition) is 3. The lowest BCUT2D eigenvalue weighted by Gasteiger charge is -2.23. The van der Waals surface area contributed by atoms with Crippen LogP contribution in [0.1, 0.15) is 40.5 Å². The van der Waals surface area contributed by atoms with E-state index in [4.69, 9.17) is 4.74 Å². The van der Waals surface area contributed by atoms with E-state index in [1.807, 2.05) is 0 Å². The fourth-order valence-electron chi connectivity index (χ4n) is 1.66. The van der Waals surface area contributed by atoms with Crippen molar-refractivity contribution in [1.29, 1.82) is 0 Å². The van der Waals surface area contributed by atoms with Gasteiger partial charge in [-0.15, -0.1) is 0 Å². The molecule has 0 aliphatic heterocycles. The van der Waals surface area contributed by atoms with Crippen LogP contribution < -0.4 is 5.32 Å². The molecular formula is C13H30N2O. The van der Waals surface area contributed by atoms with Crippen molar-refractivity contribution in [2.75, 3.05) is 39.4 Å². The molecule has 0 saturated heterocycles. The summed E-state index contributed by atoms with van der Waals surface area (Å²) in [4.78, 5) is 2.44. The van der Waals surface area contributed by atoms with Crippen molar-refractivity contribution in [2.24, 2.45) is 0 Å². The first-order valence-corrected chi connectivity index (χ1v) is 6.78. The number of rotatable bonds is 11. The lowest BCUT2D eigenvalue weighted by Crippen LogP contribution is -2.40. The molecule has 0 aromatic carbocycles. The van der Waals surface area contributed by atoms with Crippen LogP contribution >= 0.6 is 0 Å². The van der Waals surface area contributed by atoms with Crippen LogP contribution in [-0.4, -0.2) is 50.3 Å². The Balaban J connectivity index is 3.32. The standard InChI is InChI=1S/C13H30N2O/c1-5-8-10-16-11-9-14-13(4)12-15(6-2)7-3/h13-14H,5-12H2,1-4H3. The molecule has 1 atom stereocenters. The number of ether oxygens (including phenoxy) is 1. The average Bonchev–Trinajstić information content (AvgIpc) is 2.30. The van der Waals surface area contributed by atoms with Gasteiger partial charge < -0.3 is 15.0 Å². The van der Waals surface area contributed by atoms with Crippen LogP contribution in [0.4, 0.5) is 0 Å². The second-order valence-corrected chi connectivity index (χ2v) is 4.31. The summed E-state index contributed by atoms with van der Waals surface area (Å²) in [6, 6.07) is 0.551. The summed E-state index contributed by atoms with van der Waals surface area (Å²) in [5.41, 5.74) is 0. The van der Waals surface area contributed by atoms with Crippen LogP contribution in [0.25, 0.3) is 0 Å². The van der Waals surface area contributed by atoms with Crippen LogP contribution in [0.15, 0.2) is 0 Å². The Kier molecular flexibility index (Phi) is 11.3. The largest absolute Gasteiger partial charge is 0.380 e. The van der Waals surface area contributed by atoms with E-state index in [0.717, 1.165) is 39.4 Å². The van der Waals surface area contributed by atoms with Crippen molar-refractivity contribution in [3.05, 3.63) is 0 Å². The normalized spacial score (nSPS) is 13.3. The number of hydrogen-bond donors (Lipinski definition) is 1. The summed E-state index contributed by atoms with van der Waals surface area (Å²) in [5, 5.41) is 3.49. The Morgan fingerprint density at radius 3 is 2.38 bits per heavy atom. The van der Waals surface area contributed by atoms with Gasteiger partial charge in [-0.1, -0.05) is 27.2 Å². The Bertz CT molecular complexity index is 138. The quantitative estimate of drug-likeness (QED) is 0.550. The van der Waals surface area contributed by atoms with Crippen molar-refractivity contribution in [3.63, 3.8) is 0 Å². The van der Waals surface area contributed by atoms with Gasteiger partial charge in [0.2, 0.25) is 0 Å². The van der Waals surface area contributed by atoms with Gasteiger partial charge in [0.25, 0.3) is 0 Å². The first-order chi connectivity index (χ1) is 7.74. The van der Waals surface area contributed by atoms with E-state index in [-0.39, 0.29) is 0 Å². The van der Waals surface area contributed by atoms with E-state index in [2.05, 4.69) is 37.9 Å². The van der Waals surface area contributed by atoms with Crippen LogP contribution in [0.5, 0.6) is 0 Å². The van der Waals surface area contributed by atoms with Crippen molar-refractivity contribution < 1.29 is 4.74 Å². The molecule has 0 radical (unpaired) electrons. The molecule has 0 fully saturated rings. The van der Waals surface area contributed by atoms with Gasteiger partial charge in [-0.25, -0.2) is 0 Å². The average molecular weight is 230 g/mol. The van der Waals surface area contributed by atoms with E-state index in [1.165, 1.54) is 12.8 Å². The Labute approximate surface area is 102 Å². The topological polar surface area (TPSA) is 24.5 Å². The highest BCUT2D eigenvalue weighted by Gasteiger charge is 2.05. The van der Waals surface area contributed by atoms with Gasteiger partial charge in [0, 0.05) is 25.7 Å². The minimum atomic E-state index is 0.551. The van der Waals surface area contributed by atoms with Crippen LogP contribution in [0.2, 0.25) is 0 Å². The van der Waals surface area contributed by atoms with Gasteiger partial charge in [-0.05, 0) is 26.4 Å². The summed E-state index contributed by atoms with van der Waals surface area (Å²) in [7, 11) is 0. The van der Waals surface area contributed by atoms with E-state index in [9.17, 15) is 0 Å². The highest BCUT2D eigenvalue weighted by Crippen LogP contribution is 1.91. The zero-order valence-corrected chi connectivity index (χ0v) is 11.6. The van der Waals surface area contributed by atoms with Crippen molar-refractivity contribution in [1.82, 2.24) is 10.2 Å². The van der Waals surface area contributed by atoms with Gasteiger partial charge in [0.1, 0.15) is 0 Å². The fraction of sp³-hybridized carbons (Fsp3) is 1.00. The lowest BCUT2D eigenvalue weighted by molar-refractivity contribution is 0.129. The monoisotopic (exact) mass is 230 g/mol. The molecule has 0 spiro atoms. The molecule has 0 rings (SSSR count). The minimum absolute atomic E-state index is 0.551. The maximum Gasteiger partial charge on any atom is 0.0591 e. The molecule has 0 heterocycles. The maximum absolute atomic E-state index is 5.51. The summed E-state index contributed by atoms with van der Waals surface area (Å²) in [5.74, 6) is 0. The summed E-state index contributed by atoms with van der Waals surface area (Å²) < 4.78 is 5.51. The molecule has 0 aromatic heterocycles. The summed E-state index contributed by atoms with van der Waals surface area (Å²) in [6.45, 7) is 15.0. The minimum Gasteiger partial charge on any atom is -0.380 e. The van der Waals surface area contributed by atoms with Crippen molar-refractivity contribution in [3.8, 4) is 0 Å². The van der Waals surface area contributed by atoms with Gasteiger partial charge in [0.05, 0.1) is 6.61 Å². The first-order valence-electron chi connectivity index (χ1n) is 6.78. The van der Waals surface area contributed by atoms with Crippen LogP contribution in [0, 0.1) is 0 Å². The number of unbranched alkanes of at least 4 members (excludes halogenated alkanes) is 1. The Morgan fingerprint density at radius 1 is 1.12 bits per heavy atom. The zero-order valence-electron chi connectivity index (χ0n) is 11.6. The second kappa shape index (κ2) is 11.4. The van der Waals surface area contributed by atoms with Crippen LogP contribution in [-0.2, 0) is 4.74 Å². The third-order valence-electron chi connectivity index (χ3n) is 2.81. The summed E-state index contributed by atoms with van der Waals surface area (Å²) in [6.07, 6.45) is 2.39. The SMILES string of the molecule is CCCCOCCNC(C)CN(CC)CC. The Morgan fingerprint density at radius 2 is 1.81 bits per heavy atom. The summed E-state index contributed by atoms with van der Waals surface area (Å²) >= 11 is 0. The predicted octanol–water partition coefficient (Wildman–Crippen LogP) is 2.12. The molecule has 3 heteroatoms. The van der Waals surface area contributed by atoms with Crippen molar-refractivity contribution >= 4 is 0 Å². The highest BCUT2D eigenvalue weighted by atomic mass is 16.5. The fourth-order valence-corrected chi connectivity index (χ4v) is 1.66. The molecule has 1 N–H and O–H groups in total. The van der Waals surface area contributed by atoms with E-state index >= 15 is 0 Å². The molecule has 3 nitrogen and oxygen atoms in total. The Hall–Kier alpha value is -0.120. The van der Waals surface area contributed by atoms with Gasteiger partial charge in [0.15, 0.2) is 0 Å². The van der Waals surface area contributed by atoms with Gasteiger partial charge in [-0.3, -0.25) is 0 Å². The molecular weight excluding hydrogens is 200 g/mol. The van der Waals surface area contributed by atoms with Gasteiger partial charge in [-0.2, -0.15) is 0 Å². The smallest absolute Gasteiger partial charge is 0.0591 e. The van der Waals surface area contributed by atoms with E-state index in [1.54, 1.807) is 0 Å². The molecule has 0 bridgehead atoms. The lowest BCUT2D eigenvalue weighted by atomic mass is 10.3. The second-order valence-electron chi connectivity index (χ2n) is 4.31. The van der Waals surface area contributed by atoms with Crippen molar-refractivity contribution in [2.45, 2.75) is 46.6 Å². The molecule has 0 aliphatic rings. The molecule has 0 amide bonds. The number of nitrogens with one attached hydrogen (secondary N) is 1. The number of nitrogens with zero attached hydrogens (tertiary/aromatic N) is 1. The third-order valence-corrected chi connectivity index (χ3v) is 2.81. The molecule has 0 aromatic rings. The first kappa shape index (κ1) is 15.9. The highest BCUT2D eigenvalue weighted by molar-refractivity contribution is 4.65. The van der Waals surface area contributed by atoms with E-state index < -0.39 is 0 Å². The van der Waals surface area contributed by atoms with Gasteiger partial charge >= 0.3 is 0 Å². The number of likely N-dealkylation sites (N-methyl/N-ethyl adjacent to an activating group) is 1. The third kappa shape index (κ3) is 9.13. The molecule has 0 aliphatic carbocycles. The van der Waals surface area contributed by atoms with Crippen LogP contribution in [0.3, 0.4) is 0 Å². The zero-order chi connectivity index (χ0) is 12.2. The molecule has 16 heavy (non-hydrogen) atoms. The maximum atomic E-state index is 5.51.